The van der Waals surface area contributed by atoms with Crippen molar-refractivity contribution in [1.82, 2.24) is 4.90 Å². The standard InChI is InChI=1S/C21H18F4N2O2/c22-12-3-1-11(2-4-12)14-9-10-27(13-5-6-13)21(29)17(14)20(28)26-16-8-7-15(23)18(24)19(16)25/h1-4,7-8,13-14,17H,5-6,9-10H2,(H,26,28)/t14-,17+/m1/s1. The summed E-state index contributed by atoms with van der Waals surface area (Å²) < 4.78 is 54.0. The molecule has 8 heteroatoms. The number of hydrogen-bond acceptors (Lipinski definition) is 2. The quantitative estimate of drug-likeness (QED) is 0.475. The summed E-state index contributed by atoms with van der Waals surface area (Å²) >= 11 is 0. The van der Waals surface area contributed by atoms with E-state index in [1.165, 1.54) is 24.3 Å². The van der Waals surface area contributed by atoms with E-state index in [1.54, 1.807) is 4.90 Å². The van der Waals surface area contributed by atoms with Crippen LogP contribution in [0.25, 0.3) is 0 Å². The Balaban J connectivity index is 1.65. The van der Waals surface area contributed by atoms with Gasteiger partial charge in [-0.3, -0.25) is 9.59 Å². The average molecular weight is 406 g/mol. The molecule has 2 aromatic carbocycles. The van der Waals surface area contributed by atoms with Gasteiger partial charge in [0.1, 0.15) is 11.7 Å². The van der Waals surface area contributed by atoms with Crippen molar-refractivity contribution >= 4 is 17.5 Å². The molecule has 4 nitrogen and oxygen atoms in total. The van der Waals surface area contributed by atoms with Gasteiger partial charge in [-0.1, -0.05) is 12.1 Å². The summed E-state index contributed by atoms with van der Waals surface area (Å²) in [6, 6.07) is 7.22. The molecule has 1 saturated heterocycles. The van der Waals surface area contributed by atoms with Crippen LogP contribution in [0.4, 0.5) is 23.2 Å². The van der Waals surface area contributed by atoms with Crippen molar-refractivity contribution in [2.24, 2.45) is 5.92 Å². The summed E-state index contributed by atoms with van der Waals surface area (Å²) in [5, 5.41) is 2.23. The second-order valence-corrected chi connectivity index (χ2v) is 7.40. The van der Waals surface area contributed by atoms with Crippen LogP contribution in [-0.4, -0.2) is 29.3 Å². The highest BCUT2D eigenvalue weighted by molar-refractivity contribution is 6.07. The highest BCUT2D eigenvalue weighted by Gasteiger charge is 2.46. The number of halogens is 4. The van der Waals surface area contributed by atoms with Crippen molar-refractivity contribution in [3.05, 3.63) is 65.2 Å². The van der Waals surface area contributed by atoms with Gasteiger partial charge in [-0.25, -0.2) is 17.6 Å². The van der Waals surface area contributed by atoms with E-state index >= 15 is 0 Å². The molecule has 152 valence electrons. The predicted molar refractivity (Wildman–Crippen MR) is 96.9 cm³/mol. The lowest BCUT2D eigenvalue weighted by atomic mass is 9.79. The molecule has 0 bridgehead atoms. The summed E-state index contributed by atoms with van der Waals surface area (Å²) in [6.45, 7) is 0.467. The van der Waals surface area contributed by atoms with Gasteiger partial charge in [-0.15, -0.1) is 0 Å². The first-order valence-electron chi connectivity index (χ1n) is 9.37. The van der Waals surface area contributed by atoms with Crippen molar-refractivity contribution in [2.45, 2.75) is 31.2 Å². The Morgan fingerprint density at radius 3 is 2.28 bits per heavy atom. The number of anilines is 1. The van der Waals surface area contributed by atoms with Crippen LogP contribution < -0.4 is 5.32 Å². The van der Waals surface area contributed by atoms with Crippen molar-refractivity contribution in [1.29, 1.82) is 0 Å². The zero-order valence-electron chi connectivity index (χ0n) is 15.3. The van der Waals surface area contributed by atoms with Crippen LogP contribution in [0.15, 0.2) is 36.4 Å². The van der Waals surface area contributed by atoms with Crippen LogP contribution >= 0.6 is 0 Å². The first-order chi connectivity index (χ1) is 13.9. The molecular weight excluding hydrogens is 388 g/mol. The number of likely N-dealkylation sites (tertiary alicyclic amines) is 1. The number of benzene rings is 2. The van der Waals surface area contributed by atoms with Crippen molar-refractivity contribution < 1.29 is 27.2 Å². The third kappa shape index (κ3) is 3.71. The van der Waals surface area contributed by atoms with Crippen molar-refractivity contribution in [3.8, 4) is 0 Å². The average Bonchev–Trinajstić information content (AvgIpc) is 3.54. The van der Waals surface area contributed by atoms with Gasteiger partial charge in [-0.05, 0) is 49.1 Å². The highest BCUT2D eigenvalue weighted by atomic mass is 19.2. The largest absolute Gasteiger partial charge is 0.339 e. The maximum Gasteiger partial charge on any atom is 0.237 e. The first-order valence-corrected chi connectivity index (χ1v) is 9.37. The van der Waals surface area contributed by atoms with Crippen LogP contribution in [0.2, 0.25) is 0 Å². The zero-order valence-corrected chi connectivity index (χ0v) is 15.3. The molecule has 1 heterocycles. The third-order valence-corrected chi connectivity index (χ3v) is 5.49. The van der Waals surface area contributed by atoms with Gasteiger partial charge < -0.3 is 10.2 Å². The van der Waals surface area contributed by atoms with Gasteiger partial charge in [-0.2, -0.15) is 0 Å². The summed E-state index contributed by atoms with van der Waals surface area (Å²) in [4.78, 5) is 27.7. The third-order valence-electron chi connectivity index (χ3n) is 5.49. The fraction of sp³-hybridized carbons (Fsp3) is 0.333. The lowest BCUT2D eigenvalue weighted by molar-refractivity contribution is -0.145. The fourth-order valence-corrected chi connectivity index (χ4v) is 3.85. The van der Waals surface area contributed by atoms with E-state index in [1.807, 2.05) is 0 Å². The Kier molecular flexibility index (Phi) is 5.02. The summed E-state index contributed by atoms with van der Waals surface area (Å²) in [7, 11) is 0. The van der Waals surface area contributed by atoms with Crippen molar-refractivity contribution in [3.63, 3.8) is 0 Å². The Morgan fingerprint density at radius 1 is 0.931 bits per heavy atom. The smallest absolute Gasteiger partial charge is 0.237 e. The topological polar surface area (TPSA) is 49.4 Å². The molecule has 2 amide bonds. The number of hydrogen-bond donors (Lipinski definition) is 1. The number of nitrogens with one attached hydrogen (secondary N) is 1. The van der Waals surface area contributed by atoms with Crippen LogP contribution in [0.1, 0.15) is 30.7 Å². The van der Waals surface area contributed by atoms with Gasteiger partial charge in [0.05, 0.1) is 5.69 Å². The van der Waals surface area contributed by atoms with E-state index in [0.717, 1.165) is 18.9 Å². The lowest BCUT2D eigenvalue weighted by Crippen LogP contribution is -2.50. The SMILES string of the molecule is O=C(Nc1ccc(F)c(F)c1F)[C@H]1C(=O)N(C2CC2)CC[C@@H]1c1ccc(F)cc1. The molecule has 2 aliphatic rings. The number of piperidine rings is 1. The predicted octanol–water partition coefficient (Wildman–Crippen LogP) is 3.98. The second kappa shape index (κ2) is 7.50. The molecule has 1 saturated carbocycles. The minimum atomic E-state index is -1.70. The number of nitrogens with zero attached hydrogens (tertiary/aromatic N) is 1. The first kappa shape index (κ1) is 19.4. The van der Waals surface area contributed by atoms with Gasteiger partial charge in [0.25, 0.3) is 0 Å². The van der Waals surface area contributed by atoms with E-state index in [0.29, 0.717) is 24.6 Å². The Bertz CT molecular complexity index is 960. The molecule has 1 aliphatic carbocycles. The Hall–Kier alpha value is -2.90. The minimum Gasteiger partial charge on any atom is -0.339 e. The maximum absolute atomic E-state index is 14.0. The van der Waals surface area contributed by atoms with E-state index in [-0.39, 0.29) is 6.04 Å². The van der Waals surface area contributed by atoms with E-state index in [2.05, 4.69) is 5.32 Å². The Labute approximate surface area is 164 Å². The summed E-state index contributed by atoms with van der Waals surface area (Å²) in [5.74, 6) is -7.97. The van der Waals surface area contributed by atoms with Gasteiger partial charge in [0, 0.05) is 18.5 Å². The molecule has 2 aromatic rings. The van der Waals surface area contributed by atoms with Gasteiger partial charge >= 0.3 is 0 Å². The molecule has 4 rings (SSSR count). The number of carbonyl (C=O) groups excluding carboxylic acids is 2. The van der Waals surface area contributed by atoms with Crippen LogP contribution in [0, 0.1) is 29.2 Å². The maximum atomic E-state index is 14.0. The molecule has 1 N–H and O–H groups in total. The molecule has 1 aliphatic heterocycles. The molecule has 0 spiro atoms. The summed E-state index contributed by atoms with van der Waals surface area (Å²) in [5.41, 5.74) is 0.0733. The Morgan fingerprint density at radius 2 is 1.62 bits per heavy atom. The molecule has 0 aromatic heterocycles. The molecular formula is C21H18F4N2O2. The lowest BCUT2D eigenvalue weighted by Gasteiger charge is -2.37. The molecule has 2 fully saturated rings. The number of rotatable bonds is 4. The van der Waals surface area contributed by atoms with Crippen LogP contribution in [0.5, 0.6) is 0 Å². The van der Waals surface area contributed by atoms with Crippen LogP contribution in [-0.2, 0) is 9.59 Å². The fourth-order valence-electron chi connectivity index (χ4n) is 3.85. The highest BCUT2D eigenvalue weighted by Crippen LogP contribution is 2.39. The van der Waals surface area contributed by atoms with E-state index in [4.69, 9.17) is 0 Å². The van der Waals surface area contributed by atoms with Crippen LogP contribution in [0.3, 0.4) is 0 Å². The molecule has 0 unspecified atom stereocenters. The van der Waals surface area contributed by atoms with E-state index in [9.17, 15) is 27.2 Å². The zero-order chi connectivity index (χ0) is 20.7. The molecule has 2 atom stereocenters. The minimum absolute atomic E-state index is 0.0898. The van der Waals surface area contributed by atoms with Crippen molar-refractivity contribution in [2.75, 3.05) is 11.9 Å². The number of amides is 2. The second-order valence-electron chi connectivity index (χ2n) is 7.40. The monoisotopic (exact) mass is 406 g/mol. The molecule has 0 radical (unpaired) electrons. The normalized spacial score (nSPS) is 21.9. The number of carbonyl (C=O) groups is 2. The van der Waals surface area contributed by atoms with Gasteiger partial charge in [0.2, 0.25) is 11.8 Å². The molecule has 29 heavy (non-hydrogen) atoms. The summed E-state index contributed by atoms with van der Waals surface area (Å²) in [6.07, 6.45) is 2.20. The van der Waals surface area contributed by atoms with E-state index < -0.39 is 52.6 Å². The van der Waals surface area contributed by atoms with Gasteiger partial charge in [0.15, 0.2) is 17.5 Å².